The summed E-state index contributed by atoms with van der Waals surface area (Å²) in [5.41, 5.74) is 7.84. The van der Waals surface area contributed by atoms with E-state index >= 15 is 0 Å². The third-order valence-corrected chi connectivity index (χ3v) is 4.84. The zero-order chi connectivity index (χ0) is 15.5. The van der Waals surface area contributed by atoms with Gasteiger partial charge in [0.25, 0.3) is 0 Å². The zero-order valence-corrected chi connectivity index (χ0v) is 12.8. The normalized spacial score (nSPS) is 20.4. The quantitative estimate of drug-likeness (QED) is 0.840. The van der Waals surface area contributed by atoms with Gasteiger partial charge in [0.05, 0.1) is 6.61 Å². The Morgan fingerprint density at radius 1 is 1.41 bits per heavy atom. The van der Waals surface area contributed by atoms with Crippen LogP contribution in [-0.4, -0.2) is 48.3 Å². The fraction of sp³-hybridized carbons (Fsp3) is 0.588. The lowest BCUT2D eigenvalue weighted by atomic mass is 9.90. The van der Waals surface area contributed by atoms with Gasteiger partial charge in [-0.05, 0) is 55.5 Å². The topological polar surface area (TPSA) is 75.8 Å². The van der Waals surface area contributed by atoms with E-state index in [2.05, 4.69) is 23.1 Å². The molecule has 0 bridgehead atoms. The summed E-state index contributed by atoms with van der Waals surface area (Å²) >= 11 is 0. The van der Waals surface area contributed by atoms with Crippen molar-refractivity contribution in [3.63, 3.8) is 0 Å². The molecule has 1 fully saturated rings. The molecule has 2 aliphatic heterocycles. The number of carbonyl (C=O) groups is 1. The van der Waals surface area contributed by atoms with Crippen molar-refractivity contribution in [2.45, 2.75) is 31.8 Å². The molecule has 22 heavy (non-hydrogen) atoms. The number of carbonyl (C=O) groups excluding carboxylic acids is 1. The van der Waals surface area contributed by atoms with Crippen LogP contribution in [0.4, 0.5) is 0 Å². The van der Waals surface area contributed by atoms with E-state index in [9.17, 15) is 9.90 Å². The number of hydrogen-bond acceptors (Lipinski definition) is 4. The maximum absolute atomic E-state index is 11.0. The molecule has 2 heterocycles. The molecule has 0 radical (unpaired) electrons. The first-order valence-electron chi connectivity index (χ1n) is 8.08. The smallest absolute Gasteiger partial charge is 0.246 e. The molecule has 1 amide bonds. The number of amides is 1. The van der Waals surface area contributed by atoms with Gasteiger partial charge in [-0.3, -0.25) is 4.79 Å². The Kier molecular flexibility index (Phi) is 4.64. The van der Waals surface area contributed by atoms with Crippen LogP contribution in [0, 0.1) is 5.92 Å². The molecule has 0 saturated carbocycles. The molecule has 1 aromatic carbocycles. The summed E-state index contributed by atoms with van der Waals surface area (Å²) < 4.78 is 5.53. The molecule has 3 N–H and O–H groups in total. The molecule has 0 aromatic heterocycles. The fourth-order valence-electron chi connectivity index (χ4n) is 3.41. The third-order valence-electron chi connectivity index (χ3n) is 4.84. The van der Waals surface area contributed by atoms with Gasteiger partial charge in [0.1, 0.15) is 11.9 Å². The molecular weight excluding hydrogens is 280 g/mol. The molecule has 2 aliphatic rings. The number of hydrogen-bond donors (Lipinski definition) is 2. The van der Waals surface area contributed by atoms with E-state index in [1.807, 2.05) is 0 Å². The second kappa shape index (κ2) is 6.67. The Bertz CT molecular complexity index is 539. The molecule has 3 rings (SSSR count). The van der Waals surface area contributed by atoms with E-state index < -0.39 is 12.0 Å². The summed E-state index contributed by atoms with van der Waals surface area (Å²) in [4.78, 5) is 13.4. The Balaban J connectivity index is 1.46. The van der Waals surface area contributed by atoms with E-state index in [-0.39, 0.29) is 5.92 Å². The first kappa shape index (κ1) is 15.3. The van der Waals surface area contributed by atoms with Crippen LogP contribution in [-0.2, 0) is 17.6 Å². The lowest BCUT2D eigenvalue weighted by Gasteiger charge is -2.33. The molecule has 0 aliphatic carbocycles. The summed E-state index contributed by atoms with van der Waals surface area (Å²) in [7, 11) is 0. The van der Waals surface area contributed by atoms with Crippen molar-refractivity contribution in [3.8, 4) is 5.75 Å². The van der Waals surface area contributed by atoms with Gasteiger partial charge in [-0.15, -0.1) is 0 Å². The van der Waals surface area contributed by atoms with Crippen LogP contribution in [0.5, 0.6) is 5.75 Å². The van der Waals surface area contributed by atoms with E-state index in [0.29, 0.717) is 0 Å². The molecule has 1 saturated heterocycles. The maximum atomic E-state index is 11.0. The van der Waals surface area contributed by atoms with Gasteiger partial charge in [-0.25, -0.2) is 0 Å². The highest BCUT2D eigenvalue weighted by Gasteiger charge is 2.28. The standard InChI is InChI=1S/C17H24N2O3/c18-17(21)16(20)13-4-8-19(9-5-13)7-3-12-1-2-15-14(11-12)6-10-22-15/h1-2,11,13,16,20H,3-10H2,(H2,18,21)/t16-/m1/s1. The van der Waals surface area contributed by atoms with Crippen LogP contribution < -0.4 is 10.5 Å². The van der Waals surface area contributed by atoms with Crippen molar-refractivity contribution in [3.05, 3.63) is 29.3 Å². The van der Waals surface area contributed by atoms with Gasteiger partial charge in [-0.2, -0.15) is 0 Å². The van der Waals surface area contributed by atoms with Gasteiger partial charge in [0.15, 0.2) is 0 Å². The first-order chi connectivity index (χ1) is 10.6. The summed E-state index contributed by atoms with van der Waals surface area (Å²) in [6.45, 7) is 3.65. The Morgan fingerprint density at radius 2 is 2.18 bits per heavy atom. The second-order valence-corrected chi connectivity index (χ2v) is 6.32. The average Bonchev–Trinajstić information content (AvgIpc) is 3.00. The number of rotatable bonds is 5. The number of aliphatic hydroxyl groups is 1. The molecule has 1 atom stereocenters. The van der Waals surface area contributed by atoms with Gasteiger partial charge in [0.2, 0.25) is 5.91 Å². The SMILES string of the molecule is NC(=O)[C@H](O)C1CCN(CCc2ccc3c(c2)CCO3)CC1. The molecule has 1 aromatic rings. The van der Waals surface area contributed by atoms with Crippen LogP contribution >= 0.6 is 0 Å². The van der Waals surface area contributed by atoms with Crippen molar-refractivity contribution in [2.24, 2.45) is 11.7 Å². The second-order valence-electron chi connectivity index (χ2n) is 6.32. The maximum Gasteiger partial charge on any atom is 0.246 e. The molecule has 0 unspecified atom stereocenters. The van der Waals surface area contributed by atoms with Gasteiger partial charge < -0.3 is 20.5 Å². The number of likely N-dealkylation sites (tertiary alicyclic amines) is 1. The predicted octanol–water partition coefficient (Wildman–Crippen LogP) is 0.722. The number of aliphatic hydroxyl groups excluding tert-OH is 1. The van der Waals surface area contributed by atoms with Crippen LogP contribution in [0.2, 0.25) is 0 Å². The number of primary amides is 1. The van der Waals surface area contributed by atoms with Crippen molar-refractivity contribution in [1.82, 2.24) is 4.90 Å². The lowest BCUT2D eigenvalue weighted by Crippen LogP contribution is -2.43. The largest absolute Gasteiger partial charge is 0.493 e. The zero-order valence-electron chi connectivity index (χ0n) is 12.8. The number of nitrogens with zero attached hydrogens (tertiary/aromatic N) is 1. The number of benzene rings is 1. The summed E-state index contributed by atoms with van der Waals surface area (Å²) in [5, 5.41) is 9.73. The number of ether oxygens (including phenoxy) is 1. The lowest BCUT2D eigenvalue weighted by molar-refractivity contribution is -0.129. The highest BCUT2D eigenvalue weighted by Crippen LogP contribution is 2.26. The van der Waals surface area contributed by atoms with Gasteiger partial charge in [-0.1, -0.05) is 12.1 Å². The highest BCUT2D eigenvalue weighted by atomic mass is 16.5. The van der Waals surface area contributed by atoms with Crippen molar-refractivity contribution >= 4 is 5.91 Å². The summed E-state index contributed by atoms with van der Waals surface area (Å²) in [6, 6.07) is 6.48. The predicted molar refractivity (Wildman–Crippen MR) is 83.7 cm³/mol. The van der Waals surface area contributed by atoms with Crippen LogP contribution in [0.15, 0.2) is 18.2 Å². The molecule has 5 nitrogen and oxygen atoms in total. The number of piperidine rings is 1. The molecular formula is C17H24N2O3. The Hall–Kier alpha value is -1.59. The minimum absolute atomic E-state index is 0.0193. The van der Waals surface area contributed by atoms with Crippen LogP contribution in [0.1, 0.15) is 24.0 Å². The summed E-state index contributed by atoms with van der Waals surface area (Å²) in [6.07, 6.45) is 2.72. The highest BCUT2D eigenvalue weighted by molar-refractivity contribution is 5.78. The average molecular weight is 304 g/mol. The Morgan fingerprint density at radius 3 is 2.91 bits per heavy atom. The minimum Gasteiger partial charge on any atom is -0.493 e. The van der Waals surface area contributed by atoms with Gasteiger partial charge >= 0.3 is 0 Å². The number of nitrogens with two attached hydrogens (primary N) is 1. The van der Waals surface area contributed by atoms with Crippen molar-refractivity contribution in [1.29, 1.82) is 0 Å². The summed E-state index contributed by atoms with van der Waals surface area (Å²) in [5.74, 6) is 0.453. The molecule has 5 heteroatoms. The molecule has 0 spiro atoms. The minimum atomic E-state index is -0.987. The van der Waals surface area contributed by atoms with E-state index in [1.54, 1.807) is 0 Å². The van der Waals surface area contributed by atoms with E-state index in [0.717, 1.165) is 57.7 Å². The van der Waals surface area contributed by atoms with Crippen LogP contribution in [0.25, 0.3) is 0 Å². The van der Waals surface area contributed by atoms with Crippen LogP contribution in [0.3, 0.4) is 0 Å². The molecule has 120 valence electrons. The number of fused-ring (bicyclic) bond motifs is 1. The van der Waals surface area contributed by atoms with Crippen molar-refractivity contribution in [2.75, 3.05) is 26.2 Å². The van der Waals surface area contributed by atoms with Crippen molar-refractivity contribution < 1.29 is 14.6 Å². The fourth-order valence-corrected chi connectivity index (χ4v) is 3.41. The Labute approximate surface area is 131 Å². The van der Waals surface area contributed by atoms with Gasteiger partial charge in [0, 0.05) is 13.0 Å². The van der Waals surface area contributed by atoms with E-state index in [4.69, 9.17) is 10.5 Å². The first-order valence-corrected chi connectivity index (χ1v) is 8.08. The third kappa shape index (κ3) is 3.42. The van der Waals surface area contributed by atoms with E-state index in [1.165, 1.54) is 11.1 Å². The monoisotopic (exact) mass is 304 g/mol.